The van der Waals surface area contributed by atoms with Crippen LogP contribution in [0.2, 0.25) is 0 Å². The predicted octanol–water partition coefficient (Wildman–Crippen LogP) is 5.64. The number of ether oxygens (including phenoxy) is 1. The maximum atomic E-state index is 13.9. The molecule has 0 aliphatic rings. The average molecular weight is 611 g/mol. The van der Waals surface area contributed by atoms with Crippen molar-refractivity contribution in [2.75, 3.05) is 18.5 Å². The molecular weight excluding hydrogens is 571 g/mol. The van der Waals surface area contributed by atoms with Crippen molar-refractivity contribution < 1.29 is 28.2 Å². The molecule has 0 aromatic heterocycles. The van der Waals surface area contributed by atoms with Gasteiger partial charge in [0.2, 0.25) is 13.3 Å². The summed E-state index contributed by atoms with van der Waals surface area (Å²) in [5.41, 5.74) is 9.91. The molecule has 3 aromatic carbocycles. The molecule has 4 unspecified atom stereocenters. The molecule has 0 saturated heterocycles. The van der Waals surface area contributed by atoms with Crippen LogP contribution in [0.3, 0.4) is 0 Å². The fourth-order valence-electron chi connectivity index (χ4n) is 4.25. The minimum absolute atomic E-state index is 0.0609. The number of amides is 1. The molecule has 0 aliphatic heterocycles. The zero-order valence-electron chi connectivity index (χ0n) is 24.2. The number of hydrogen-bond donors (Lipinski definition) is 2. The Morgan fingerprint density at radius 1 is 0.881 bits per heavy atom. The van der Waals surface area contributed by atoms with Crippen molar-refractivity contribution in [2.45, 2.75) is 45.6 Å². The van der Waals surface area contributed by atoms with Gasteiger partial charge < -0.3 is 20.3 Å². The summed E-state index contributed by atoms with van der Waals surface area (Å²) in [5.74, 6) is -2.33. The number of carbonyl (C=O) groups excluding carboxylic acids is 3. The lowest BCUT2D eigenvalue weighted by Gasteiger charge is -2.27. The molecule has 1 amide bonds. The quantitative estimate of drug-likeness (QED) is 0.129. The van der Waals surface area contributed by atoms with Gasteiger partial charge in [0.05, 0.1) is 18.3 Å². The van der Waals surface area contributed by atoms with E-state index in [-0.39, 0.29) is 30.9 Å². The molecule has 224 valence electrons. The number of carbonyl (C=O) groups is 3. The first kappa shape index (κ1) is 33.3. The molecular formula is C32H39N2O6PS. The maximum Gasteiger partial charge on any atom is 0.328 e. The lowest BCUT2D eigenvalue weighted by Crippen LogP contribution is -2.44. The molecule has 0 saturated carbocycles. The molecule has 3 aromatic rings. The molecule has 0 spiro atoms. The summed E-state index contributed by atoms with van der Waals surface area (Å²) < 4.78 is 25.0. The molecule has 0 heterocycles. The van der Waals surface area contributed by atoms with Crippen molar-refractivity contribution in [3.05, 3.63) is 96.1 Å². The Morgan fingerprint density at radius 3 is 2.07 bits per heavy atom. The average Bonchev–Trinajstić information content (AvgIpc) is 2.99. The molecule has 3 N–H and O–H groups in total. The van der Waals surface area contributed by atoms with Gasteiger partial charge in [0.1, 0.15) is 12.6 Å². The number of thioether (sulfide) groups is 1. The smallest absolute Gasteiger partial charge is 0.328 e. The number of esters is 1. The van der Waals surface area contributed by atoms with Gasteiger partial charge in [-0.25, -0.2) is 4.79 Å². The SMILES string of the molecule is CC(=O)SCCOP(=O)(CC(Cc1ccc(-c2ccccc2)cc1)C(=O)NC(C)C(=O)OCc1ccccc1)C(C)N. The minimum atomic E-state index is -3.50. The standard InChI is InChI=1S/C32H39N2O6PS/c1-23(32(37)39-21-27-10-6-4-7-11-27)34-31(36)30(22-41(38,24(2)33)40-18-19-42-25(3)35)20-26-14-16-29(17-15-26)28-12-8-5-9-13-28/h4-17,23-24,30H,18-22,33H2,1-3H3,(H,34,36). The topological polar surface area (TPSA) is 125 Å². The summed E-state index contributed by atoms with van der Waals surface area (Å²) in [6, 6.07) is 26.1. The zero-order valence-corrected chi connectivity index (χ0v) is 25.9. The monoisotopic (exact) mass is 610 g/mol. The van der Waals surface area contributed by atoms with E-state index in [0.717, 1.165) is 34.0 Å². The number of nitrogens with one attached hydrogen (secondary N) is 1. The van der Waals surface area contributed by atoms with Gasteiger partial charge in [-0.15, -0.1) is 0 Å². The Balaban J connectivity index is 1.75. The molecule has 8 nitrogen and oxygen atoms in total. The van der Waals surface area contributed by atoms with E-state index in [9.17, 15) is 18.9 Å². The van der Waals surface area contributed by atoms with Gasteiger partial charge >= 0.3 is 5.97 Å². The van der Waals surface area contributed by atoms with E-state index < -0.39 is 37.0 Å². The molecule has 0 bridgehead atoms. The van der Waals surface area contributed by atoms with Crippen molar-refractivity contribution >= 4 is 36.1 Å². The molecule has 42 heavy (non-hydrogen) atoms. The van der Waals surface area contributed by atoms with Crippen LogP contribution in [0.1, 0.15) is 31.9 Å². The predicted molar refractivity (Wildman–Crippen MR) is 168 cm³/mol. The number of nitrogens with two attached hydrogens (primary N) is 1. The summed E-state index contributed by atoms with van der Waals surface area (Å²) in [7, 11) is -3.50. The van der Waals surface area contributed by atoms with Crippen molar-refractivity contribution in [2.24, 2.45) is 11.7 Å². The van der Waals surface area contributed by atoms with Crippen molar-refractivity contribution in [1.29, 1.82) is 0 Å². The van der Waals surface area contributed by atoms with Crippen LogP contribution >= 0.6 is 19.1 Å². The number of rotatable bonds is 15. The van der Waals surface area contributed by atoms with Crippen LogP contribution in [0.15, 0.2) is 84.9 Å². The Bertz CT molecular complexity index is 1350. The molecule has 10 heteroatoms. The second-order valence-electron chi connectivity index (χ2n) is 10.1. The lowest BCUT2D eigenvalue weighted by molar-refractivity contribution is -0.148. The third-order valence-corrected chi connectivity index (χ3v) is 10.2. The Kier molecular flexibility index (Phi) is 13.0. The van der Waals surface area contributed by atoms with Crippen molar-refractivity contribution in [3.63, 3.8) is 0 Å². The first-order valence-electron chi connectivity index (χ1n) is 13.8. The Hall–Kier alpha value is -3.23. The van der Waals surface area contributed by atoms with Crippen LogP contribution in [-0.2, 0) is 41.2 Å². The van der Waals surface area contributed by atoms with E-state index >= 15 is 0 Å². The van der Waals surface area contributed by atoms with Gasteiger partial charge in [0.15, 0.2) is 5.12 Å². The molecule has 0 aliphatic carbocycles. The third kappa shape index (κ3) is 10.6. The van der Waals surface area contributed by atoms with Crippen LogP contribution in [0.5, 0.6) is 0 Å². The van der Waals surface area contributed by atoms with Gasteiger partial charge in [0, 0.05) is 18.8 Å². The normalized spacial score (nSPS) is 14.7. The number of hydrogen-bond acceptors (Lipinski definition) is 8. The second kappa shape index (κ2) is 16.4. The number of benzene rings is 3. The van der Waals surface area contributed by atoms with Gasteiger partial charge in [-0.3, -0.25) is 14.2 Å². The summed E-state index contributed by atoms with van der Waals surface area (Å²) in [6.07, 6.45) is 0.141. The van der Waals surface area contributed by atoms with E-state index in [0.29, 0.717) is 5.75 Å². The van der Waals surface area contributed by atoms with Crippen molar-refractivity contribution in [1.82, 2.24) is 5.32 Å². The summed E-state index contributed by atoms with van der Waals surface area (Å²) >= 11 is 1.07. The highest BCUT2D eigenvalue weighted by Gasteiger charge is 2.36. The molecule has 4 atom stereocenters. The zero-order chi connectivity index (χ0) is 30.5. The Morgan fingerprint density at radius 2 is 1.48 bits per heavy atom. The van der Waals surface area contributed by atoms with Gasteiger partial charge in [0.25, 0.3) is 0 Å². The van der Waals surface area contributed by atoms with E-state index in [4.69, 9.17) is 15.0 Å². The van der Waals surface area contributed by atoms with Crippen molar-refractivity contribution in [3.8, 4) is 11.1 Å². The van der Waals surface area contributed by atoms with E-state index in [1.807, 2.05) is 84.9 Å². The lowest BCUT2D eigenvalue weighted by atomic mass is 9.97. The summed E-state index contributed by atoms with van der Waals surface area (Å²) in [4.78, 5) is 37.5. The summed E-state index contributed by atoms with van der Waals surface area (Å²) in [6.45, 7) is 4.74. The molecule has 0 radical (unpaired) electrons. The molecule has 0 fully saturated rings. The van der Waals surface area contributed by atoms with Crippen LogP contribution in [0.4, 0.5) is 0 Å². The second-order valence-corrected chi connectivity index (χ2v) is 14.3. The van der Waals surface area contributed by atoms with Gasteiger partial charge in [-0.05, 0) is 42.5 Å². The maximum absolute atomic E-state index is 13.9. The van der Waals surface area contributed by atoms with Gasteiger partial charge in [-0.1, -0.05) is 96.7 Å². The first-order valence-corrected chi connectivity index (χ1v) is 16.7. The Labute approximate surface area is 252 Å². The molecule has 3 rings (SSSR count). The van der Waals surface area contributed by atoms with Crippen LogP contribution < -0.4 is 11.1 Å². The largest absolute Gasteiger partial charge is 0.459 e. The fourth-order valence-corrected chi connectivity index (χ4v) is 6.81. The highest BCUT2D eigenvalue weighted by molar-refractivity contribution is 8.13. The van der Waals surface area contributed by atoms with Gasteiger partial charge in [-0.2, -0.15) is 0 Å². The highest BCUT2D eigenvalue weighted by Crippen LogP contribution is 2.51. The van der Waals surface area contributed by atoms with E-state index in [1.54, 1.807) is 13.8 Å². The third-order valence-electron chi connectivity index (χ3n) is 6.64. The first-order chi connectivity index (χ1) is 20.1. The summed E-state index contributed by atoms with van der Waals surface area (Å²) in [5, 5.41) is 2.67. The van der Waals surface area contributed by atoms with Crippen LogP contribution in [-0.4, -0.2) is 47.3 Å². The van der Waals surface area contributed by atoms with Crippen LogP contribution in [0.25, 0.3) is 11.1 Å². The van der Waals surface area contributed by atoms with E-state index in [1.165, 1.54) is 6.92 Å². The van der Waals surface area contributed by atoms with E-state index in [2.05, 4.69) is 5.32 Å². The highest BCUT2D eigenvalue weighted by atomic mass is 32.2. The fraction of sp³-hybridized carbons (Fsp3) is 0.344. The minimum Gasteiger partial charge on any atom is -0.459 e. The van der Waals surface area contributed by atoms with Crippen LogP contribution in [0, 0.1) is 5.92 Å².